The van der Waals surface area contributed by atoms with Crippen molar-refractivity contribution < 1.29 is 4.74 Å². The summed E-state index contributed by atoms with van der Waals surface area (Å²) in [5.41, 5.74) is 1.18. The second kappa shape index (κ2) is 6.24. The van der Waals surface area contributed by atoms with Gasteiger partial charge in [-0.15, -0.1) is 0 Å². The molecule has 1 aromatic rings. The summed E-state index contributed by atoms with van der Waals surface area (Å²) in [6, 6.07) is 5.85. The van der Waals surface area contributed by atoms with Crippen LogP contribution >= 0.6 is 11.6 Å². The van der Waals surface area contributed by atoms with E-state index in [4.69, 9.17) is 16.3 Å². The molecular formula is C13H19ClN2O. The van der Waals surface area contributed by atoms with Crippen LogP contribution in [0, 0.1) is 0 Å². The van der Waals surface area contributed by atoms with Gasteiger partial charge < -0.3 is 10.1 Å². The van der Waals surface area contributed by atoms with Gasteiger partial charge in [-0.05, 0) is 25.1 Å². The molecule has 1 aromatic carbocycles. The number of piperazine rings is 1. The Morgan fingerprint density at radius 3 is 2.82 bits per heavy atom. The summed E-state index contributed by atoms with van der Waals surface area (Å²) in [7, 11) is 0. The fraction of sp³-hybridized carbons (Fsp3) is 0.538. The molecule has 1 saturated heterocycles. The quantitative estimate of drug-likeness (QED) is 0.891. The predicted molar refractivity (Wildman–Crippen MR) is 70.8 cm³/mol. The number of hydrogen-bond donors (Lipinski definition) is 1. The van der Waals surface area contributed by atoms with Crippen LogP contribution in [-0.4, -0.2) is 37.7 Å². The standard InChI is InChI=1S/C13H19ClN2O/c1-2-17-13-4-3-12(14)9-11(13)10-16-7-5-15-6-8-16/h3-4,9,15H,2,5-8,10H2,1H3. The SMILES string of the molecule is CCOc1ccc(Cl)cc1CN1CCNCC1. The number of ether oxygens (including phenoxy) is 1. The van der Waals surface area contributed by atoms with Gasteiger partial charge in [0.2, 0.25) is 0 Å². The Kier molecular flexibility index (Phi) is 4.66. The summed E-state index contributed by atoms with van der Waals surface area (Å²) in [5.74, 6) is 0.954. The van der Waals surface area contributed by atoms with Crippen LogP contribution in [0.5, 0.6) is 5.75 Å². The number of nitrogens with one attached hydrogen (secondary N) is 1. The molecule has 0 bridgehead atoms. The summed E-state index contributed by atoms with van der Waals surface area (Å²) in [5, 5.41) is 4.13. The van der Waals surface area contributed by atoms with Gasteiger partial charge in [0.05, 0.1) is 6.61 Å². The normalized spacial score (nSPS) is 17.1. The first-order chi connectivity index (χ1) is 8.29. The van der Waals surface area contributed by atoms with Crippen molar-refractivity contribution in [3.63, 3.8) is 0 Å². The highest BCUT2D eigenvalue weighted by atomic mass is 35.5. The van der Waals surface area contributed by atoms with Crippen LogP contribution in [0.4, 0.5) is 0 Å². The van der Waals surface area contributed by atoms with E-state index >= 15 is 0 Å². The molecular weight excluding hydrogens is 236 g/mol. The molecule has 2 rings (SSSR count). The minimum absolute atomic E-state index is 0.691. The molecule has 94 valence electrons. The van der Waals surface area contributed by atoms with Gasteiger partial charge in [0.25, 0.3) is 0 Å². The van der Waals surface area contributed by atoms with E-state index < -0.39 is 0 Å². The van der Waals surface area contributed by atoms with Crippen molar-refractivity contribution in [2.75, 3.05) is 32.8 Å². The molecule has 0 radical (unpaired) electrons. The third-order valence-corrected chi connectivity index (χ3v) is 3.16. The third kappa shape index (κ3) is 3.60. The smallest absolute Gasteiger partial charge is 0.123 e. The molecule has 0 atom stereocenters. The highest BCUT2D eigenvalue weighted by molar-refractivity contribution is 6.30. The van der Waals surface area contributed by atoms with E-state index in [1.807, 2.05) is 25.1 Å². The van der Waals surface area contributed by atoms with E-state index in [1.54, 1.807) is 0 Å². The van der Waals surface area contributed by atoms with Gasteiger partial charge in [-0.3, -0.25) is 4.90 Å². The number of hydrogen-bond acceptors (Lipinski definition) is 3. The van der Waals surface area contributed by atoms with Crippen LogP contribution in [0.1, 0.15) is 12.5 Å². The Morgan fingerprint density at radius 2 is 2.12 bits per heavy atom. The highest BCUT2D eigenvalue weighted by Crippen LogP contribution is 2.24. The maximum absolute atomic E-state index is 6.05. The van der Waals surface area contributed by atoms with Crippen LogP contribution in [0.3, 0.4) is 0 Å². The lowest BCUT2D eigenvalue weighted by Crippen LogP contribution is -2.42. The maximum Gasteiger partial charge on any atom is 0.123 e. The Hall–Kier alpha value is -0.770. The number of nitrogens with zero attached hydrogens (tertiary/aromatic N) is 1. The minimum Gasteiger partial charge on any atom is -0.494 e. The summed E-state index contributed by atoms with van der Waals surface area (Å²) < 4.78 is 5.63. The van der Waals surface area contributed by atoms with E-state index in [2.05, 4.69) is 10.2 Å². The van der Waals surface area contributed by atoms with Crippen LogP contribution in [0.15, 0.2) is 18.2 Å². The molecule has 0 aromatic heterocycles. The van der Waals surface area contributed by atoms with Gasteiger partial charge in [0.1, 0.15) is 5.75 Å². The summed E-state index contributed by atoms with van der Waals surface area (Å²) in [6.07, 6.45) is 0. The first-order valence-electron chi connectivity index (χ1n) is 6.14. The van der Waals surface area contributed by atoms with Gasteiger partial charge in [0, 0.05) is 43.3 Å². The minimum atomic E-state index is 0.691. The van der Waals surface area contributed by atoms with Crippen molar-refractivity contribution in [3.8, 4) is 5.75 Å². The van der Waals surface area contributed by atoms with Crippen molar-refractivity contribution in [1.82, 2.24) is 10.2 Å². The molecule has 17 heavy (non-hydrogen) atoms. The van der Waals surface area contributed by atoms with E-state index in [0.717, 1.165) is 43.5 Å². The zero-order valence-electron chi connectivity index (χ0n) is 10.2. The maximum atomic E-state index is 6.05. The molecule has 1 aliphatic heterocycles. The predicted octanol–water partition coefficient (Wildman–Crippen LogP) is 2.14. The topological polar surface area (TPSA) is 24.5 Å². The van der Waals surface area contributed by atoms with Crippen LogP contribution < -0.4 is 10.1 Å². The van der Waals surface area contributed by atoms with E-state index in [-0.39, 0.29) is 0 Å². The van der Waals surface area contributed by atoms with Crippen molar-refractivity contribution in [3.05, 3.63) is 28.8 Å². The van der Waals surface area contributed by atoms with Gasteiger partial charge >= 0.3 is 0 Å². The monoisotopic (exact) mass is 254 g/mol. The van der Waals surface area contributed by atoms with E-state index in [0.29, 0.717) is 6.61 Å². The Bertz CT molecular complexity index is 364. The lowest BCUT2D eigenvalue weighted by atomic mass is 10.1. The lowest BCUT2D eigenvalue weighted by molar-refractivity contribution is 0.228. The second-order valence-electron chi connectivity index (χ2n) is 4.21. The molecule has 1 N–H and O–H groups in total. The van der Waals surface area contributed by atoms with Gasteiger partial charge in [-0.2, -0.15) is 0 Å². The average Bonchev–Trinajstić information content (AvgIpc) is 2.34. The van der Waals surface area contributed by atoms with Gasteiger partial charge in [0.15, 0.2) is 0 Å². The lowest BCUT2D eigenvalue weighted by Gasteiger charge is -2.27. The third-order valence-electron chi connectivity index (χ3n) is 2.93. The Labute approximate surface area is 108 Å². The van der Waals surface area contributed by atoms with Gasteiger partial charge in [-0.25, -0.2) is 0 Å². The molecule has 1 aliphatic rings. The Morgan fingerprint density at radius 1 is 1.35 bits per heavy atom. The molecule has 0 spiro atoms. The van der Waals surface area contributed by atoms with E-state index in [1.165, 1.54) is 5.56 Å². The van der Waals surface area contributed by atoms with Crippen molar-refractivity contribution in [1.29, 1.82) is 0 Å². The first kappa shape index (κ1) is 12.7. The number of rotatable bonds is 4. The second-order valence-corrected chi connectivity index (χ2v) is 4.65. The van der Waals surface area contributed by atoms with E-state index in [9.17, 15) is 0 Å². The number of halogens is 1. The molecule has 3 nitrogen and oxygen atoms in total. The molecule has 1 fully saturated rings. The largest absolute Gasteiger partial charge is 0.494 e. The Balaban J connectivity index is 2.08. The van der Waals surface area contributed by atoms with Crippen molar-refractivity contribution in [2.45, 2.75) is 13.5 Å². The fourth-order valence-electron chi connectivity index (χ4n) is 2.08. The summed E-state index contributed by atoms with van der Waals surface area (Å²) in [4.78, 5) is 2.42. The fourth-order valence-corrected chi connectivity index (χ4v) is 2.27. The molecule has 1 heterocycles. The molecule has 0 aliphatic carbocycles. The summed E-state index contributed by atoms with van der Waals surface area (Å²) in [6.45, 7) is 7.89. The molecule has 0 unspecified atom stereocenters. The zero-order chi connectivity index (χ0) is 12.1. The first-order valence-corrected chi connectivity index (χ1v) is 6.51. The van der Waals surface area contributed by atoms with Crippen molar-refractivity contribution in [2.24, 2.45) is 0 Å². The van der Waals surface area contributed by atoms with Crippen LogP contribution in [-0.2, 0) is 6.54 Å². The molecule has 0 amide bonds. The van der Waals surface area contributed by atoms with Gasteiger partial charge in [-0.1, -0.05) is 11.6 Å². The number of benzene rings is 1. The zero-order valence-corrected chi connectivity index (χ0v) is 11.0. The van der Waals surface area contributed by atoms with Crippen LogP contribution in [0.2, 0.25) is 5.02 Å². The van der Waals surface area contributed by atoms with Crippen molar-refractivity contribution >= 4 is 11.6 Å². The summed E-state index contributed by atoms with van der Waals surface area (Å²) >= 11 is 6.05. The average molecular weight is 255 g/mol. The van der Waals surface area contributed by atoms with Crippen LogP contribution in [0.25, 0.3) is 0 Å². The molecule has 4 heteroatoms. The molecule has 0 saturated carbocycles. The highest BCUT2D eigenvalue weighted by Gasteiger charge is 2.13.